The van der Waals surface area contributed by atoms with Crippen LogP contribution in [0.1, 0.15) is 33.0 Å². The number of methoxy groups -OCH3 is 1. The Morgan fingerprint density at radius 1 is 1.29 bits per heavy atom. The molecule has 8 heteroatoms. The number of fused-ring (bicyclic) bond motifs is 1. The van der Waals surface area contributed by atoms with E-state index in [-0.39, 0.29) is 5.91 Å². The van der Waals surface area contributed by atoms with Crippen LogP contribution in [0.4, 0.5) is 5.82 Å². The fourth-order valence-corrected chi connectivity index (χ4v) is 3.46. The zero-order valence-corrected chi connectivity index (χ0v) is 18.4. The van der Waals surface area contributed by atoms with Gasteiger partial charge in [-0.05, 0) is 18.1 Å². The number of ether oxygens (including phenoxy) is 1. The van der Waals surface area contributed by atoms with Crippen LogP contribution in [0.3, 0.4) is 0 Å². The molecule has 0 fully saturated rings. The SMILES string of the molecule is CCc1nc(N(CCC(=O)NCCOC)CC(C)C)c2cc(Cl)cc(Cl)c2n1. The number of nitrogens with one attached hydrogen (secondary N) is 1. The molecule has 1 aromatic carbocycles. The first kappa shape index (κ1) is 22.7. The van der Waals surface area contributed by atoms with Crippen molar-refractivity contribution in [1.29, 1.82) is 0 Å². The average molecular weight is 427 g/mol. The van der Waals surface area contributed by atoms with E-state index in [4.69, 9.17) is 32.9 Å². The number of hydrogen-bond acceptors (Lipinski definition) is 5. The van der Waals surface area contributed by atoms with Crippen LogP contribution in [0.2, 0.25) is 10.0 Å². The lowest BCUT2D eigenvalue weighted by Gasteiger charge is -2.27. The molecule has 1 amide bonds. The Labute approximate surface area is 176 Å². The Balaban J connectivity index is 2.36. The number of aryl methyl sites for hydroxylation is 1. The second-order valence-corrected chi connectivity index (χ2v) is 7.88. The molecule has 0 atom stereocenters. The van der Waals surface area contributed by atoms with Gasteiger partial charge in [-0.3, -0.25) is 4.79 Å². The minimum atomic E-state index is -0.0176. The summed E-state index contributed by atoms with van der Waals surface area (Å²) in [5.41, 5.74) is 0.686. The Morgan fingerprint density at radius 2 is 2.04 bits per heavy atom. The van der Waals surface area contributed by atoms with Gasteiger partial charge < -0.3 is 15.0 Å². The topological polar surface area (TPSA) is 67.4 Å². The summed E-state index contributed by atoms with van der Waals surface area (Å²) in [6, 6.07) is 3.53. The quantitative estimate of drug-likeness (QED) is 0.578. The van der Waals surface area contributed by atoms with Gasteiger partial charge in [-0.25, -0.2) is 9.97 Å². The number of anilines is 1. The van der Waals surface area contributed by atoms with E-state index in [0.29, 0.717) is 59.8 Å². The first-order chi connectivity index (χ1) is 13.3. The molecule has 0 aliphatic carbocycles. The monoisotopic (exact) mass is 426 g/mol. The maximum Gasteiger partial charge on any atom is 0.221 e. The Morgan fingerprint density at radius 3 is 2.68 bits per heavy atom. The van der Waals surface area contributed by atoms with Crippen LogP contribution in [0.25, 0.3) is 10.9 Å². The molecule has 0 saturated carbocycles. The van der Waals surface area contributed by atoms with Crippen molar-refractivity contribution in [3.63, 3.8) is 0 Å². The number of hydrogen-bond donors (Lipinski definition) is 1. The van der Waals surface area contributed by atoms with Crippen molar-refractivity contribution in [2.45, 2.75) is 33.6 Å². The highest BCUT2D eigenvalue weighted by Crippen LogP contribution is 2.32. The second-order valence-electron chi connectivity index (χ2n) is 7.03. The normalized spacial score (nSPS) is 11.2. The highest BCUT2D eigenvalue weighted by atomic mass is 35.5. The summed E-state index contributed by atoms with van der Waals surface area (Å²) in [5.74, 6) is 1.85. The van der Waals surface area contributed by atoms with E-state index in [1.54, 1.807) is 13.2 Å². The summed E-state index contributed by atoms with van der Waals surface area (Å²) in [5, 5.41) is 4.70. The summed E-state index contributed by atoms with van der Waals surface area (Å²) >= 11 is 12.6. The summed E-state index contributed by atoms with van der Waals surface area (Å²) in [6.07, 6.45) is 1.05. The number of rotatable bonds is 10. The smallest absolute Gasteiger partial charge is 0.221 e. The van der Waals surface area contributed by atoms with Gasteiger partial charge >= 0.3 is 0 Å². The largest absolute Gasteiger partial charge is 0.383 e. The van der Waals surface area contributed by atoms with Gasteiger partial charge in [-0.15, -0.1) is 0 Å². The van der Waals surface area contributed by atoms with Crippen molar-refractivity contribution in [2.75, 3.05) is 38.3 Å². The Kier molecular flexibility index (Phi) is 8.73. The van der Waals surface area contributed by atoms with Crippen molar-refractivity contribution < 1.29 is 9.53 Å². The molecule has 2 rings (SSSR count). The predicted molar refractivity (Wildman–Crippen MR) is 115 cm³/mol. The highest BCUT2D eigenvalue weighted by molar-refractivity contribution is 6.38. The van der Waals surface area contributed by atoms with E-state index in [0.717, 1.165) is 17.7 Å². The molecule has 0 radical (unpaired) electrons. The van der Waals surface area contributed by atoms with Crippen molar-refractivity contribution >= 4 is 45.8 Å². The minimum absolute atomic E-state index is 0.0176. The van der Waals surface area contributed by atoms with Crippen LogP contribution < -0.4 is 10.2 Å². The third kappa shape index (κ3) is 6.19. The molecular weight excluding hydrogens is 399 g/mol. The van der Waals surface area contributed by atoms with Crippen molar-refractivity contribution in [2.24, 2.45) is 5.92 Å². The molecule has 154 valence electrons. The number of benzene rings is 1. The number of halogens is 2. The van der Waals surface area contributed by atoms with Crippen LogP contribution in [0.5, 0.6) is 0 Å². The van der Waals surface area contributed by atoms with E-state index in [9.17, 15) is 4.79 Å². The molecule has 1 heterocycles. The Hall–Kier alpha value is -1.63. The standard InChI is InChI=1S/C20H28Cl2N4O2/c1-5-17-24-19-15(10-14(21)11-16(19)22)20(25-17)26(12-13(2)3)8-6-18(27)23-7-9-28-4/h10-11,13H,5-9,12H2,1-4H3,(H,23,27). The summed E-state index contributed by atoms with van der Waals surface area (Å²) in [7, 11) is 1.61. The van der Waals surface area contributed by atoms with Crippen molar-refractivity contribution in [3.8, 4) is 0 Å². The summed E-state index contributed by atoms with van der Waals surface area (Å²) < 4.78 is 4.97. The number of amides is 1. The van der Waals surface area contributed by atoms with Gasteiger partial charge in [0, 0.05) is 50.0 Å². The van der Waals surface area contributed by atoms with Gasteiger partial charge in [0.05, 0.1) is 17.1 Å². The maximum absolute atomic E-state index is 12.2. The van der Waals surface area contributed by atoms with Gasteiger partial charge in [0.2, 0.25) is 5.91 Å². The molecule has 0 unspecified atom stereocenters. The molecule has 28 heavy (non-hydrogen) atoms. The maximum atomic E-state index is 12.2. The van der Waals surface area contributed by atoms with Crippen LogP contribution in [0, 0.1) is 5.92 Å². The minimum Gasteiger partial charge on any atom is -0.383 e. The average Bonchev–Trinajstić information content (AvgIpc) is 2.64. The van der Waals surface area contributed by atoms with Crippen LogP contribution in [0.15, 0.2) is 12.1 Å². The van der Waals surface area contributed by atoms with Gasteiger partial charge in [0.15, 0.2) is 0 Å². The van der Waals surface area contributed by atoms with E-state index < -0.39 is 0 Å². The van der Waals surface area contributed by atoms with E-state index >= 15 is 0 Å². The molecule has 1 N–H and O–H groups in total. The van der Waals surface area contributed by atoms with E-state index in [1.165, 1.54) is 0 Å². The zero-order chi connectivity index (χ0) is 20.7. The first-order valence-electron chi connectivity index (χ1n) is 9.51. The lowest BCUT2D eigenvalue weighted by molar-refractivity contribution is -0.121. The fraction of sp³-hybridized carbons (Fsp3) is 0.550. The lowest BCUT2D eigenvalue weighted by Crippen LogP contribution is -2.35. The molecule has 0 spiro atoms. The van der Waals surface area contributed by atoms with E-state index in [2.05, 4.69) is 29.0 Å². The van der Waals surface area contributed by atoms with Crippen molar-refractivity contribution in [3.05, 3.63) is 28.0 Å². The number of carbonyl (C=O) groups excluding carboxylic acids is 1. The van der Waals surface area contributed by atoms with Gasteiger partial charge in [0.1, 0.15) is 11.6 Å². The molecule has 2 aromatic rings. The summed E-state index contributed by atoms with van der Waals surface area (Å²) in [4.78, 5) is 23.6. The zero-order valence-electron chi connectivity index (χ0n) is 16.9. The molecule has 1 aromatic heterocycles. The van der Waals surface area contributed by atoms with Crippen LogP contribution in [-0.2, 0) is 16.0 Å². The van der Waals surface area contributed by atoms with E-state index in [1.807, 2.05) is 13.0 Å². The van der Waals surface area contributed by atoms with Crippen LogP contribution >= 0.6 is 23.2 Å². The molecule has 0 aliphatic heterocycles. The predicted octanol–water partition coefficient (Wildman–Crippen LogP) is 4.11. The molecule has 0 saturated heterocycles. The van der Waals surface area contributed by atoms with Gasteiger partial charge in [-0.1, -0.05) is 44.0 Å². The second kappa shape index (κ2) is 10.8. The number of nitrogens with zero attached hydrogens (tertiary/aromatic N) is 3. The summed E-state index contributed by atoms with van der Waals surface area (Å²) in [6.45, 7) is 8.56. The van der Waals surface area contributed by atoms with Crippen molar-refractivity contribution in [1.82, 2.24) is 15.3 Å². The Bertz CT molecular complexity index is 814. The third-order valence-corrected chi connectivity index (χ3v) is 4.69. The van der Waals surface area contributed by atoms with Crippen LogP contribution in [-0.4, -0.2) is 49.2 Å². The number of carbonyl (C=O) groups is 1. The van der Waals surface area contributed by atoms with Gasteiger partial charge in [0.25, 0.3) is 0 Å². The lowest BCUT2D eigenvalue weighted by atomic mass is 10.1. The highest BCUT2D eigenvalue weighted by Gasteiger charge is 2.18. The fourth-order valence-electron chi connectivity index (χ4n) is 2.93. The molecular formula is C20H28Cl2N4O2. The molecule has 0 aliphatic rings. The van der Waals surface area contributed by atoms with Gasteiger partial charge in [-0.2, -0.15) is 0 Å². The third-order valence-electron chi connectivity index (χ3n) is 4.18. The molecule has 0 bridgehead atoms. The number of aromatic nitrogens is 2. The first-order valence-corrected chi connectivity index (χ1v) is 10.3. The molecule has 6 nitrogen and oxygen atoms in total.